The predicted molar refractivity (Wildman–Crippen MR) is 134 cm³/mol. The molecule has 0 bridgehead atoms. The first-order valence-corrected chi connectivity index (χ1v) is 25.0. The number of benzene rings is 2. The maximum absolute atomic E-state index is 2.58. The molecule has 0 spiro atoms. The summed E-state index contributed by atoms with van der Waals surface area (Å²) in [7, 11) is 0. The van der Waals surface area contributed by atoms with Crippen LogP contribution in [0.2, 0.25) is 33.5 Å². The van der Waals surface area contributed by atoms with Gasteiger partial charge in [-0.05, 0) is 0 Å². The van der Waals surface area contributed by atoms with Crippen molar-refractivity contribution in [2.75, 3.05) is 0 Å². The van der Waals surface area contributed by atoms with Crippen molar-refractivity contribution >= 4 is 35.3 Å². The molecule has 0 unspecified atom stereocenters. The summed E-state index contributed by atoms with van der Waals surface area (Å²) in [6, 6.07) is 22.6. The van der Waals surface area contributed by atoms with E-state index in [0.29, 0.717) is 0 Å². The molecule has 2 aromatic rings. The summed E-state index contributed by atoms with van der Waals surface area (Å²) in [6.07, 6.45) is 11.6. The van der Waals surface area contributed by atoms with Crippen LogP contribution in [0.4, 0.5) is 0 Å². The van der Waals surface area contributed by atoms with E-state index >= 15 is 0 Å². The first-order chi connectivity index (χ1) is 13.4. The van der Waals surface area contributed by atoms with Gasteiger partial charge in [0, 0.05) is 0 Å². The molecule has 0 fully saturated rings. The second-order valence-electron chi connectivity index (χ2n) is 9.83. The molecule has 0 N–H and O–H groups in total. The second-order valence-corrected chi connectivity index (χ2v) is 30.2. The molecule has 0 atom stereocenters. The first kappa shape index (κ1) is 23.8. The van der Waals surface area contributed by atoms with Crippen LogP contribution in [-0.4, -0.2) is 26.5 Å². The van der Waals surface area contributed by atoms with Gasteiger partial charge in [-0.1, -0.05) is 0 Å². The van der Waals surface area contributed by atoms with Gasteiger partial charge in [0.15, 0.2) is 0 Å². The van der Waals surface area contributed by atoms with Crippen molar-refractivity contribution in [2.24, 2.45) is 0 Å². The van der Waals surface area contributed by atoms with Crippen LogP contribution in [0.1, 0.15) is 51.4 Å². The average Bonchev–Trinajstić information content (AvgIpc) is 2.70. The predicted octanol–water partition coefficient (Wildman–Crippen LogP) is 7.34. The molecule has 0 aliphatic heterocycles. The second kappa shape index (κ2) is 12.3. The summed E-state index contributed by atoms with van der Waals surface area (Å²) < 4.78 is 3.34. The first-order valence-electron chi connectivity index (χ1n) is 11.5. The third-order valence-corrected chi connectivity index (χ3v) is 21.1. The van der Waals surface area contributed by atoms with E-state index in [1.54, 1.807) is 8.79 Å². The Labute approximate surface area is 180 Å². The van der Waals surface area contributed by atoms with Crippen molar-refractivity contribution in [3.63, 3.8) is 0 Å². The summed E-state index contributed by atoms with van der Waals surface area (Å²) >= 11 is -3.48. The molecular formula is C26H42Ge2. The Balaban J connectivity index is 1.49. The van der Waals surface area contributed by atoms with Gasteiger partial charge in [0.05, 0.1) is 0 Å². The average molecular weight is 500 g/mol. The van der Waals surface area contributed by atoms with Gasteiger partial charge in [-0.3, -0.25) is 0 Å². The van der Waals surface area contributed by atoms with Crippen LogP contribution in [0.15, 0.2) is 60.7 Å². The van der Waals surface area contributed by atoms with Crippen LogP contribution < -0.4 is 8.79 Å². The fraction of sp³-hybridized carbons (Fsp3) is 0.538. The molecule has 0 saturated carbocycles. The summed E-state index contributed by atoms with van der Waals surface area (Å²) in [5, 5.41) is 2.98. The minimum atomic E-state index is -1.74. The third-order valence-electron chi connectivity index (χ3n) is 6.46. The molecule has 0 radical (unpaired) electrons. The molecule has 0 saturated heterocycles. The molecule has 0 nitrogen and oxygen atoms in total. The standard InChI is InChI=1S/C26H42Ge2/c1-27(2,25-19-13-11-14-20-25)23-17-9-7-5-6-8-10-18-24-28(3,4)26-21-15-12-16-22-26/h11-16,19-22H,5-10,17-18,23-24H2,1-4H3. The Kier molecular flexibility index (Phi) is 10.4. The molecule has 0 aliphatic carbocycles. The molecule has 0 aliphatic rings. The Morgan fingerprint density at radius 3 is 1.04 bits per heavy atom. The fourth-order valence-electron chi connectivity index (χ4n) is 4.26. The van der Waals surface area contributed by atoms with Crippen molar-refractivity contribution in [1.82, 2.24) is 0 Å². The molecule has 2 aromatic carbocycles. The van der Waals surface area contributed by atoms with E-state index in [1.807, 2.05) is 0 Å². The van der Waals surface area contributed by atoms with E-state index in [9.17, 15) is 0 Å². The van der Waals surface area contributed by atoms with E-state index in [-0.39, 0.29) is 0 Å². The molecule has 2 rings (SSSR count). The third kappa shape index (κ3) is 8.49. The summed E-state index contributed by atoms with van der Waals surface area (Å²) in [4.78, 5) is 0. The van der Waals surface area contributed by atoms with Gasteiger partial charge in [0.25, 0.3) is 0 Å². The summed E-state index contributed by atoms with van der Waals surface area (Å²) in [5.41, 5.74) is 0. The van der Waals surface area contributed by atoms with E-state index < -0.39 is 26.5 Å². The normalized spacial score (nSPS) is 12.3. The van der Waals surface area contributed by atoms with Crippen molar-refractivity contribution < 1.29 is 0 Å². The summed E-state index contributed by atoms with van der Waals surface area (Å²) in [6.45, 7) is 0. The molecule has 28 heavy (non-hydrogen) atoms. The molecule has 2 heteroatoms. The topological polar surface area (TPSA) is 0 Å². The van der Waals surface area contributed by atoms with Crippen LogP contribution in [0.25, 0.3) is 0 Å². The molecule has 154 valence electrons. The van der Waals surface area contributed by atoms with Crippen molar-refractivity contribution in [2.45, 2.75) is 84.9 Å². The van der Waals surface area contributed by atoms with Crippen LogP contribution in [0, 0.1) is 0 Å². The van der Waals surface area contributed by atoms with E-state index in [0.717, 1.165) is 0 Å². The SMILES string of the molecule is [CH3][Ge]([CH3])([CH2]CCCCCCCC[CH2][Ge]([CH3])([CH3])[c]1ccccc1)[c]1ccccc1. The molecule has 0 amide bonds. The van der Waals surface area contributed by atoms with Crippen molar-refractivity contribution in [3.05, 3.63) is 60.7 Å². The quantitative estimate of drug-likeness (QED) is 0.200. The van der Waals surface area contributed by atoms with Gasteiger partial charge in [-0.15, -0.1) is 0 Å². The number of hydrogen-bond donors (Lipinski definition) is 0. The van der Waals surface area contributed by atoms with E-state index in [1.165, 1.54) is 61.9 Å². The van der Waals surface area contributed by atoms with Gasteiger partial charge in [0.2, 0.25) is 0 Å². The summed E-state index contributed by atoms with van der Waals surface area (Å²) in [5.74, 6) is 10.3. The number of hydrogen-bond acceptors (Lipinski definition) is 0. The van der Waals surface area contributed by atoms with Crippen molar-refractivity contribution in [3.8, 4) is 0 Å². The Bertz CT molecular complexity index is 587. The van der Waals surface area contributed by atoms with E-state index in [4.69, 9.17) is 0 Å². The van der Waals surface area contributed by atoms with Gasteiger partial charge >= 0.3 is 181 Å². The van der Waals surface area contributed by atoms with E-state index in [2.05, 4.69) is 83.7 Å². The monoisotopic (exact) mass is 502 g/mol. The van der Waals surface area contributed by atoms with Crippen molar-refractivity contribution in [1.29, 1.82) is 0 Å². The maximum atomic E-state index is 2.58. The van der Waals surface area contributed by atoms with Crippen LogP contribution in [-0.2, 0) is 0 Å². The Morgan fingerprint density at radius 1 is 0.429 bits per heavy atom. The van der Waals surface area contributed by atoms with Gasteiger partial charge in [-0.25, -0.2) is 0 Å². The molecule has 0 aromatic heterocycles. The number of rotatable bonds is 13. The van der Waals surface area contributed by atoms with Gasteiger partial charge < -0.3 is 0 Å². The fourth-order valence-corrected chi connectivity index (χ4v) is 14.8. The Morgan fingerprint density at radius 2 is 0.714 bits per heavy atom. The molecule has 0 heterocycles. The zero-order chi connectivity index (χ0) is 20.3. The van der Waals surface area contributed by atoms with Crippen LogP contribution >= 0.6 is 0 Å². The molecular weight excluding hydrogens is 458 g/mol. The van der Waals surface area contributed by atoms with Crippen LogP contribution in [0.3, 0.4) is 0 Å². The number of unbranched alkanes of at least 4 members (excludes halogenated alkanes) is 7. The zero-order valence-corrected chi connectivity index (χ0v) is 23.0. The Hall–Kier alpha value is -0.474. The zero-order valence-electron chi connectivity index (χ0n) is 18.8. The van der Waals surface area contributed by atoms with Gasteiger partial charge in [-0.2, -0.15) is 0 Å². The van der Waals surface area contributed by atoms with Crippen LogP contribution in [0.5, 0.6) is 0 Å². The van der Waals surface area contributed by atoms with Gasteiger partial charge in [0.1, 0.15) is 0 Å². The minimum absolute atomic E-state index is 1.44.